The number of hydrogen-bond acceptors (Lipinski definition) is 8. The van der Waals surface area contributed by atoms with Gasteiger partial charge >= 0.3 is 0 Å². The largest absolute Gasteiger partial charge is 0.254 e. The average Bonchev–Trinajstić information content (AvgIpc) is 0.763. The Morgan fingerprint density at radius 3 is 0.943 bits per heavy atom. The van der Waals surface area contributed by atoms with Crippen LogP contribution in [0, 0.1) is 0 Å². The van der Waals surface area contributed by atoms with Crippen LogP contribution >= 0.6 is 0 Å². The molecule has 0 N–H and O–H groups in total. The van der Waals surface area contributed by atoms with Crippen LogP contribution in [0.4, 0.5) is 0 Å². The Balaban J connectivity index is 0.000000141. The molecule has 0 unspecified atom stereocenters. The van der Waals surface area contributed by atoms with E-state index in [0.29, 0.717) is 0 Å². The third-order valence-corrected chi connectivity index (χ3v) is 20.6. The number of aromatic nitrogens is 8. The SMILES string of the molecule is c1ccc(-c2ccc3cc(-c4ccc5ccc(-c6ccc(-c7ccc8ccc9cccnc9c8n7)c7ccccc67)nc5c4)ccc3n2)cc1.c1ccc(-c2cccc(-c3ccc4cc(-c5ccc6ccc(-c7ccc(-c8ccc9ccc%10cccnc%10c9n8)c8ccccc78)nc6c5)ccc4n3)c2)cc1. The van der Waals surface area contributed by atoms with Crippen molar-refractivity contribution >= 4 is 109 Å². The summed E-state index contributed by atoms with van der Waals surface area (Å²) < 4.78 is 0. The number of rotatable bonds is 9. The summed E-state index contributed by atoms with van der Waals surface area (Å²) in [6.45, 7) is 0. The minimum absolute atomic E-state index is 0.915. The maximum atomic E-state index is 5.26. The van der Waals surface area contributed by atoms with E-state index in [0.717, 1.165) is 199 Å². The predicted molar refractivity (Wildman–Crippen MR) is 439 cm³/mol. The van der Waals surface area contributed by atoms with Crippen molar-refractivity contribution in [2.75, 3.05) is 0 Å². The second kappa shape index (κ2) is 25.9. The van der Waals surface area contributed by atoms with E-state index in [1.54, 1.807) is 0 Å². The lowest BCUT2D eigenvalue weighted by Gasteiger charge is -2.13. The summed E-state index contributed by atoms with van der Waals surface area (Å²) in [6, 6.07) is 124. The number of nitrogens with zero attached hydrogens (tertiary/aromatic N) is 8. The van der Waals surface area contributed by atoms with Gasteiger partial charge in [-0.25, -0.2) is 29.9 Å². The standard InChI is InChI=1S/C52H32N4.C46H28N4/c1-2-8-33(9-3-1)37-10-6-11-40(30-37)46-26-22-41-31-38(21-25-47(41)54-46)39-18-15-34-19-27-48(55-50(34)32-39)44-23-24-45(43-14-5-4-13-42(43)44)49-28-20-36-17-16-35-12-7-29-53-51(35)52(36)56-49;1-2-7-29(8-3-1)40-23-19-35-27-33(18-22-41(35)48-40)34-15-12-30-16-24-42(49-44(30)28-34)38-20-21-39(37-11-5-4-10-36(37)38)43-25-17-32-14-13-31-9-6-26-47-45(31)46(32)50-43/h1-32H;1-28H. The molecule has 0 bridgehead atoms. The summed E-state index contributed by atoms with van der Waals surface area (Å²) in [7, 11) is 0. The molecule has 0 radical (unpaired) electrons. The van der Waals surface area contributed by atoms with Crippen molar-refractivity contribution in [1.82, 2.24) is 39.9 Å². The summed E-state index contributed by atoms with van der Waals surface area (Å²) in [5.74, 6) is 0. The summed E-state index contributed by atoms with van der Waals surface area (Å²) in [4.78, 5) is 40.2. The van der Waals surface area contributed by atoms with Gasteiger partial charge in [0, 0.05) is 88.9 Å². The Morgan fingerprint density at radius 2 is 0.472 bits per heavy atom. The van der Waals surface area contributed by atoms with Gasteiger partial charge in [-0.05, 0) is 146 Å². The third kappa shape index (κ3) is 11.3. The maximum absolute atomic E-state index is 5.26. The smallest absolute Gasteiger partial charge is 0.0972 e. The topological polar surface area (TPSA) is 103 Å². The summed E-state index contributed by atoms with van der Waals surface area (Å²) in [5, 5.41) is 13.3. The number of fused-ring (bicyclic) bond motifs is 12. The fourth-order valence-electron chi connectivity index (χ4n) is 15.2. The van der Waals surface area contributed by atoms with Crippen molar-refractivity contribution in [1.29, 1.82) is 0 Å². The minimum Gasteiger partial charge on any atom is -0.254 e. The van der Waals surface area contributed by atoms with E-state index in [1.165, 1.54) is 11.1 Å². The first-order valence-electron chi connectivity index (χ1n) is 35.7. The van der Waals surface area contributed by atoms with Crippen molar-refractivity contribution in [3.05, 3.63) is 364 Å². The van der Waals surface area contributed by atoms with Crippen LogP contribution in [0.2, 0.25) is 0 Å². The van der Waals surface area contributed by atoms with E-state index in [4.69, 9.17) is 29.9 Å². The fourth-order valence-corrected chi connectivity index (χ4v) is 15.2. The van der Waals surface area contributed by atoms with Crippen LogP contribution < -0.4 is 0 Å². The molecule has 0 saturated heterocycles. The number of pyridine rings is 8. The van der Waals surface area contributed by atoms with Gasteiger partial charge in [-0.15, -0.1) is 0 Å². The highest BCUT2D eigenvalue weighted by Gasteiger charge is 2.18. The van der Waals surface area contributed by atoms with Crippen LogP contribution in [0.1, 0.15) is 0 Å². The van der Waals surface area contributed by atoms with Crippen molar-refractivity contribution < 1.29 is 0 Å². The van der Waals surface area contributed by atoms with E-state index in [1.807, 2.05) is 48.8 Å². The molecule has 8 heteroatoms. The Labute approximate surface area is 610 Å². The molecule has 0 saturated carbocycles. The molecule has 0 aliphatic heterocycles. The molecule has 13 aromatic carbocycles. The Kier molecular flexibility index (Phi) is 15.0. The van der Waals surface area contributed by atoms with Crippen LogP contribution in [-0.4, -0.2) is 39.9 Å². The normalized spacial score (nSPS) is 11.6. The molecule has 0 aliphatic carbocycles. The Bertz CT molecular complexity index is 7100. The molecule has 8 heterocycles. The molecule has 21 rings (SSSR count). The van der Waals surface area contributed by atoms with Gasteiger partial charge in [0.1, 0.15) is 0 Å². The van der Waals surface area contributed by atoms with Gasteiger partial charge < -0.3 is 0 Å². The average molecular weight is 1350 g/mol. The summed E-state index contributed by atoms with van der Waals surface area (Å²) >= 11 is 0. The fraction of sp³-hybridized carbons (Fsp3) is 0. The van der Waals surface area contributed by atoms with Crippen LogP contribution in [0.25, 0.3) is 210 Å². The second-order valence-corrected chi connectivity index (χ2v) is 27.0. The van der Waals surface area contributed by atoms with Crippen LogP contribution in [0.3, 0.4) is 0 Å². The first-order chi connectivity index (χ1) is 52.5. The van der Waals surface area contributed by atoms with Crippen LogP contribution in [0.15, 0.2) is 364 Å². The van der Waals surface area contributed by atoms with Crippen molar-refractivity contribution in [2.45, 2.75) is 0 Å². The quantitative estimate of drug-likeness (QED) is 0.132. The van der Waals surface area contributed by atoms with Crippen molar-refractivity contribution in [3.8, 4) is 101 Å². The third-order valence-electron chi connectivity index (χ3n) is 20.6. The van der Waals surface area contributed by atoms with Crippen molar-refractivity contribution in [3.63, 3.8) is 0 Å². The molecule has 0 atom stereocenters. The Hall–Kier alpha value is -14.3. The van der Waals surface area contributed by atoms with Crippen LogP contribution in [0.5, 0.6) is 0 Å². The van der Waals surface area contributed by atoms with E-state index in [-0.39, 0.29) is 0 Å². The molecule has 0 fully saturated rings. The minimum atomic E-state index is 0.915. The zero-order valence-electron chi connectivity index (χ0n) is 57.2. The summed E-state index contributed by atoms with van der Waals surface area (Å²) in [5.41, 5.74) is 26.7. The molecule has 8 nitrogen and oxygen atoms in total. The van der Waals surface area contributed by atoms with Gasteiger partial charge in [0.05, 0.1) is 78.3 Å². The predicted octanol–water partition coefficient (Wildman–Crippen LogP) is 25.1. The molecule has 492 valence electrons. The molecule has 0 aliphatic rings. The highest BCUT2D eigenvalue weighted by molar-refractivity contribution is 6.10. The monoisotopic (exact) mass is 1350 g/mol. The maximum Gasteiger partial charge on any atom is 0.0972 e. The number of benzene rings is 13. The molecule has 21 aromatic rings. The molecular weight excluding hydrogens is 1290 g/mol. The highest BCUT2D eigenvalue weighted by atomic mass is 14.8. The summed E-state index contributed by atoms with van der Waals surface area (Å²) in [6.07, 6.45) is 3.67. The molecule has 0 spiro atoms. The van der Waals surface area contributed by atoms with Gasteiger partial charge in [0.2, 0.25) is 0 Å². The zero-order chi connectivity index (χ0) is 70.0. The van der Waals surface area contributed by atoms with E-state index in [9.17, 15) is 0 Å². The van der Waals surface area contributed by atoms with Crippen LogP contribution in [-0.2, 0) is 0 Å². The van der Waals surface area contributed by atoms with E-state index in [2.05, 4.69) is 325 Å². The lowest BCUT2D eigenvalue weighted by Crippen LogP contribution is -1.92. The molecule has 106 heavy (non-hydrogen) atoms. The molecule has 0 amide bonds. The van der Waals surface area contributed by atoms with E-state index >= 15 is 0 Å². The highest BCUT2D eigenvalue weighted by Crippen LogP contribution is 2.41. The van der Waals surface area contributed by atoms with Gasteiger partial charge in [-0.1, -0.05) is 261 Å². The second-order valence-electron chi connectivity index (χ2n) is 27.0. The lowest BCUT2D eigenvalue weighted by atomic mass is 9.95. The van der Waals surface area contributed by atoms with Gasteiger partial charge in [-0.3, -0.25) is 9.97 Å². The first kappa shape index (κ1) is 61.5. The van der Waals surface area contributed by atoms with E-state index < -0.39 is 0 Å². The van der Waals surface area contributed by atoms with Gasteiger partial charge in [-0.2, -0.15) is 0 Å². The van der Waals surface area contributed by atoms with Gasteiger partial charge in [0.15, 0.2) is 0 Å². The molecule has 8 aromatic heterocycles. The Morgan fingerprint density at radius 1 is 0.151 bits per heavy atom. The lowest BCUT2D eigenvalue weighted by molar-refractivity contribution is 1.37. The van der Waals surface area contributed by atoms with Gasteiger partial charge in [0.25, 0.3) is 0 Å². The first-order valence-corrected chi connectivity index (χ1v) is 35.7. The zero-order valence-corrected chi connectivity index (χ0v) is 57.2. The van der Waals surface area contributed by atoms with Crippen molar-refractivity contribution in [2.24, 2.45) is 0 Å². The molecular formula is C98H60N8. The number of hydrogen-bond donors (Lipinski definition) is 0.